The average Bonchev–Trinajstić information content (AvgIpc) is 2.43. The highest BCUT2D eigenvalue weighted by atomic mass is 16.2. The molecule has 1 heterocycles. The van der Waals surface area contributed by atoms with E-state index in [4.69, 9.17) is 0 Å². The summed E-state index contributed by atoms with van der Waals surface area (Å²) in [7, 11) is 0. The van der Waals surface area contributed by atoms with Gasteiger partial charge >= 0.3 is 0 Å². The van der Waals surface area contributed by atoms with Crippen molar-refractivity contribution in [1.29, 1.82) is 0 Å². The molecule has 0 aromatic carbocycles. The molecule has 1 aromatic rings. The first-order valence-electron chi connectivity index (χ1n) is 7.21. The molecule has 2 N–H and O–H groups in total. The number of hydrogen-bond acceptors (Lipinski definition) is 3. The molecule has 0 radical (unpaired) electrons. The molecule has 5 heteroatoms. The molecule has 0 aliphatic heterocycles. The van der Waals surface area contributed by atoms with E-state index in [1.807, 2.05) is 0 Å². The van der Waals surface area contributed by atoms with Gasteiger partial charge in [0.05, 0.1) is 0 Å². The van der Waals surface area contributed by atoms with Crippen LogP contribution in [0, 0.1) is 0 Å². The van der Waals surface area contributed by atoms with Crippen molar-refractivity contribution in [3.8, 4) is 0 Å². The van der Waals surface area contributed by atoms with Crippen LogP contribution in [-0.4, -0.2) is 23.2 Å². The summed E-state index contributed by atoms with van der Waals surface area (Å²) in [4.78, 5) is 38.4. The quantitative estimate of drug-likeness (QED) is 0.805. The fourth-order valence-corrected chi connectivity index (χ4v) is 2.42. The molecule has 0 bridgehead atoms. The van der Waals surface area contributed by atoms with E-state index in [-0.39, 0.29) is 11.3 Å². The summed E-state index contributed by atoms with van der Waals surface area (Å²) in [5.41, 5.74) is 0.783. The van der Waals surface area contributed by atoms with Crippen LogP contribution in [0.5, 0.6) is 0 Å². The highest BCUT2D eigenvalue weighted by Gasteiger charge is 2.21. The van der Waals surface area contributed by atoms with E-state index in [2.05, 4.69) is 17.2 Å². The fraction of sp³-hybridized carbons (Fsp3) is 0.533. The lowest BCUT2D eigenvalue weighted by atomic mass is 9.93. The number of rotatable bonds is 5. The number of aromatic amines is 1. The number of carbonyl (C=O) groups is 2. The highest BCUT2D eigenvalue weighted by molar-refractivity contribution is 6.01. The van der Waals surface area contributed by atoms with Gasteiger partial charge in [-0.15, -0.1) is 0 Å². The Hall–Kier alpha value is -1.91. The van der Waals surface area contributed by atoms with Crippen LogP contribution in [0.2, 0.25) is 0 Å². The van der Waals surface area contributed by atoms with Crippen molar-refractivity contribution in [2.75, 3.05) is 6.54 Å². The maximum Gasteiger partial charge on any atom is 0.261 e. The van der Waals surface area contributed by atoms with Crippen molar-refractivity contribution in [2.45, 2.75) is 45.4 Å². The summed E-state index contributed by atoms with van der Waals surface area (Å²) in [6.07, 6.45) is 4.93. The molecule has 1 amide bonds. The van der Waals surface area contributed by atoms with Crippen molar-refractivity contribution in [2.24, 2.45) is 0 Å². The zero-order valence-electron chi connectivity index (χ0n) is 11.8. The Bertz CT molecular complexity index is 575. The molecule has 0 saturated carbocycles. The monoisotopic (exact) mass is 276 g/mol. The molecule has 108 valence electrons. The van der Waals surface area contributed by atoms with Crippen molar-refractivity contribution in [3.63, 3.8) is 0 Å². The number of nitrogens with one attached hydrogen (secondary N) is 2. The van der Waals surface area contributed by atoms with Crippen LogP contribution in [0.1, 0.15) is 65.4 Å². The molecule has 5 nitrogen and oxygen atoms in total. The maximum atomic E-state index is 12.0. The smallest absolute Gasteiger partial charge is 0.261 e. The second-order valence-electron chi connectivity index (χ2n) is 5.14. The molecule has 0 unspecified atom stereocenters. The lowest BCUT2D eigenvalue weighted by molar-refractivity contribution is 0.0951. The normalized spacial score (nSPS) is 13.9. The molecule has 2 rings (SSSR count). The van der Waals surface area contributed by atoms with Gasteiger partial charge in [0.2, 0.25) is 0 Å². The molecule has 0 saturated heterocycles. The first-order chi connectivity index (χ1) is 9.63. The van der Waals surface area contributed by atoms with E-state index in [1.165, 1.54) is 6.07 Å². The molecular weight excluding hydrogens is 256 g/mol. The third-order valence-electron chi connectivity index (χ3n) is 3.56. The summed E-state index contributed by atoms with van der Waals surface area (Å²) in [6, 6.07) is 1.45. The molecular formula is C15H20N2O3. The first-order valence-corrected chi connectivity index (χ1v) is 7.21. The van der Waals surface area contributed by atoms with Crippen molar-refractivity contribution in [1.82, 2.24) is 10.3 Å². The lowest BCUT2D eigenvalue weighted by Crippen LogP contribution is -2.32. The number of fused-ring (bicyclic) bond motifs is 1. The minimum absolute atomic E-state index is 0.00235. The van der Waals surface area contributed by atoms with Gasteiger partial charge in [-0.25, -0.2) is 0 Å². The molecule has 0 atom stereocenters. The topological polar surface area (TPSA) is 79.0 Å². The lowest BCUT2D eigenvalue weighted by Gasteiger charge is -2.15. The standard InChI is InChI=1S/C15H20N2O3/c1-2-3-4-8-16-14(19)11-9-10-12(17-15(11)20)6-5-7-13(10)18/h9H,2-8H2,1H3,(H,16,19)(H,17,20). The van der Waals surface area contributed by atoms with Crippen molar-refractivity contribution in [3.05, 3.63) is 33.2 Å². The highest BCUT2D eigenvalue weighted by Crippen LogP contribution is 2.18. The Labute approximate surface area is 117 Å². The van der Waals surface area contributed by atoms with Gasteiger partial charge in [0.1, 0.15) is 5.56 Å². The summed E-state index contributed by atoms with van der Waals surface area (Å²) in [5, 5.41) is 2.73. The van der Waals surface area contributed by atoms with Crippen LogP contribution in [0.15, 0.2) is 10.9 Å². The van der Waals surface area contributed by atoms with Crippen LogP contribution in [0.4, 0.5) is 0 Å². The van der Waals surface area contributed by atoms with Crippen molar-refractivity contribution >= 4 is 11.7 Å². The molecule has 1 aliphatic carbocycles. The molecule has 1 aliphatic rings. The molecule has 20 heavy (non-hydrogen) atoms. The van der Waals surface area contributed by atoms with Gasteiger partial charge in [0, 0.05) is 24.2 Å². The predicted octanol–water partition coefficient (Wildman–Crippen LogP) is 1.81. The fourth-order valence-electron chi connectivity index (χ4n) is 2.42. The number of hydrogen-bond donors (Lipinski definition) is 2. The third kappa shape index (κ3) is 3.15. The van der Waals surface area contributed by atoms with Crippen molar-refractivity contribution < 1.29 is 9.59 Å². The van der Waals surface area contributed by atoms with E-state index in [0.29, 0.717) is 30.6 Å². The zero-order chi connectivity index (χ0) is 14.5. The van der Waals surface area contributed by atoms with Gasteiger partial charge in [-0.05, 0) is 25.3 Å². The minimum atomic E-state index is -0.411. The number of ketones is 1. The van der Waals surface area contributed by atoms with E-state index in [1.54, 1.807) is 0 Å². The first kappa shape index (κ1) is 14.5. The van der Waals surface area contributed by atoms with Crippen LogP contribution < -0.4 is 10.9 Å². The van der Waals surface area contributed by atoms with Gasteiger partial charge in [0.25, 0.3) is 11.5 Å². The Morgan fingerprint density at radius 2 is 2.10 bits per heavy atom. The second kappa shape index (κ2) is 6.50. The summed E-state index contributed by atoms with van der Waals surface area (Å²) in [6.45, 7) is 2.64. The molecule has 0 spiro atoms. The van der Waals surface area contributed by atoms with Crippen LogP contribution in [0.25, 0.3) is 0 Å². The number of Topliss-reactive ketones (excluding diaryl/α,β-unsaturated/α-hetero) is 1. The Morgan fingerprint density at radius 3 is 2.85 bits per heavy atom. The summed E-state index contributed by atoms with van der Waals surface area (Å²) >= 11 is 0. The minimum Gasteiger partial charge on any atom is -0.352 e. The van der Waals surface area contributed by atoms with Crippen LogP contribution in [-0.2, 0) is 6.42 Å². The zero-order valence-corrected chi connectivity index (χ0v) is 11.8. The van der Waals surface area contributed by atoms with E-state index < -0.39 is 11.5 Å². The number of unbranched alkanes of at least 4 members (excludes halogenated alkanes) is 2. The summed E-state index contributed by atoms with van der Waals surface area (Å²) in [5.74, 6) is -0.397. The maximum absolute atomic E-state index is 12.0. The number of carbonyl (C=O) groups excluding carboxylic acids is 2. The number of aryl methyl sites for hydroxylation is 1. The second-order valence-corrected chi connectivity index (χ2v) is 5.14. The molecule has 0 fully saturated rings. The number of pyridine rings is 1. The Morgan fingerprint density at radius 1 is 1.30 bits per heavy atom. The Balaban J connectivity index is 2.15. The largest absolute Gasteiger partial charge is 0.352 e. The third-order valence-corrected chi connectivity index (χ3v) is 3.56. The van der Waals surface area contributed by atoms with E-state index in [9.17, 15) is 14.4 Å². The van der Waals surface area contributed by atoms with Gasteiger partial charge in [0.15, 0.2) is 5.78 Å². The van der Waals surface area contributed by atoms with E-state index in [0.717, 1.165) is 25.7 Å². The van der Waals surface area contributed by atoms with Gasteiger partial charge < -0.3 is 10.3 Å². The van der Waals surface area contributed by atoms with Gasteiger partial charge in [-0.2, -0.15) is 0 Å². The van der Waals surface area contributed by atoms with E-state index >= 15 is 0 Å². The summed E-state index contributed by atoms with van der Waals surface area (Å²) < 4.78 is 0. The van der Waals surface area contributed by atoms with Crippen LogP contribution >= 0.6 is 0 Å². The predicted molar refractivity (Wildman–Crippen MR) is 76.2 cm³/mol. The number of aromatic nitrogens is 1. The molecule has 1 aromatic heterocycles. The van der Waals surface area contributed by atoms with Gasteiger partial charge in [-0.3, -0.25) is 14.4 Å². The number of H-pyrrole nitrogens is 1. The number of amides is 1. The Kier molecular flexibility index (Phi) is 4.71. The van der Waals surface area contributed by atoms with Gasteiger partial charge in [-0.1, -0.05) is 19.8 Å². The SMILES string of the molecule is CCCCCNC(=O)c1cc2c([nH]c1=O)CCCC2=O. The average molecular weight is 276 g/mol. The van der Waals surface area contributed by atoms with Crippen LogP contribution in [0.3, 0.4) is 0 Å².